The van der Waals surface area contributed by atoms with Crippen molar-refractivity contribution in [2.45, 2.75) is 38.7 Å². The smallest absolute Gasteiger partial charge is 0.330 e. The first kappa shape index (κ1) is 17.7. The van der Waals surface area contributed by atoms with Crippen molar-refractivity contribution < 1.29 is 23.8 Å². The van der Waals surface area contributed by atoms with Crippen LogP contribution in [-0.4, -0.2) is 50.3 Å². The predicted molar refractivity (Wildman–Crippen MR) is 86.1 cm³/mol. The number of carbonyl (C=O) groups excluding carboxylic acids is 2. The summed E-state index contributed by atoms with van der Waals surface area (Å²) in [4.78, 5) is 55.3. The Bertz CT molecular complexity index is 974. The van der Waals surface area contributed by atoms with Crippen molar-refractivity contribution in [1.82, 2.24) is 19.5 Å². The Balaban J connectivity index is 2.02. The normalized spacial score (nSPS) is 22.5. The molecular weight excluding hydrogens is 350 g/mol. The highest BCUT2D eigenvalue weighted by Crippen LogP contribution is 2.32. The number of nitrogens with one attached hydrogen (secondary N) is 2. The van der Waals surface area contributed by atoms with Gasteiger partial charge in [-0.2, -0.15) is 4.98 Å². The van der Waals surface area contributed by atoms with E-state index < -0.39 is 41.6 Å². The zero-order valence-corrected chi connectivity index (χ0v) is 14.0. The maximum absolute atomic E-state index is 12.4. The molecule has 0 bridgehead atoms. The third-order valence-electron chi connectivity index (χ3n) is 3.79. The summed E-state index contributed by atoms with van der Waals surface area (Å²) >= 11 is 0. The molecule has 4 N–H and O–H groups in total. The first-order chi connectivity index (χ1) is 12.3. The van der Waals surface area contributed by atoms with Gasteiger partial charge in [-0.1, -0.05) is 0 Å². The number of hydrogen-bond acceptors (Lipinski definition) is 9. The van der Waals surface area contributed by atoms with Crippen molar-refractivity contribution in [2.24, 2.45) is 0 Å². The highest BCUT2D eigenvalue weighted by molar-refractivity contribution is 5.70. The van der Waals surface area contributed by atoms with Crippen LogP contribution in [0.15, 0.2) is 9.59 Å². The van der Waals surface area contributed by atoms with Crippen molar-refractivity contribution in [3.05, 3.63) is 20.8 Å². The van der Waals surface area contributed by atoms with E-state index in [1.54, 1.807) is 0 Å². The summed E-state index contributed by atoms with van der Waals surface area (Å²) in [5, 5.41) is 0. The van der Waals surface area contributed by atoms with Gasteiger partial charge in [-0.25, -0.2) is 9.36 Å². The van der Waals surface area contributed by atoms with Crippen LogP contribution in [0.25, 0.3) is 11.2 Å². The maximum atomic E-state index is 12.4. The molecule has 1 fully saturated rings. The molecule has 1 saturated heterocycles. The summed E-state index contributed by atoms with van der Waals surface area (Å²) < 4.78 is 16.9. The number of anilines is 1. The minimum atomic E-state index is -1.06. The van der Waals surface area contributed by atoms with E-state index in [-0.39, 0.29) is 30.1 Å². The van der Waals surface area contributed by atoms with E-state index in [1.807, 2.05) is 0 Å². The molecule has 3 rings (SSSR count). The molecule has 140 valence electrons. The van der Waals surface area contributed by atoms with Gasteiger partial charge >= 0.3 is 17.6 Å². The first-order valence-electron chi connectivity index (χ1n) is 7.72. The number of H-pyrrole nitrogens is 2. The zero-order chi connectivity index (χ0) is 19.0. The van der Waals surface area contributed by atoms with E-state index in [2.05, 4.69) is 15.0 Å². The van der Waals surface area contributed by atoms with Crippen molar-refractivity contribution in [3.63, 3.8) is 0 Å². The van der Waals surface area contributed by atoms with Gasteiger partial charge in [-0.05, 0) is 0 Å². The molecule has 1 aliphatic heterocycles. The fourth-order valence-corrected chi connectivity index (χ4v) is 2.84. The van der Waals surface area contributed by atoms with Crippen LogP contribution in [0.3, 0.4) is 0 Å². The Morgan fingerprint density at radius 1 is 1.31 bits per heavy atom. The van der Waals surface area contributed by atoms with Gasteiger partial charge in [0.1, 0.15) is 12.7 Å². The highest BCUT2D eigenvalue weighted by atomic mass is 16.6. The van der Waals surface area contributed by atoms with Crippen molar-refractivity contribution >= 4 is 29.1 Å². The molecule has 0 radical (unpaired) electrons. The van der Waals surface area contributed by atoms with Gasteiger partial charge in [-0.15, -0.1) is 0 Å². The Morgan fingerprint density at radius 3 is 2.69 bits per heavy atom. The monoisotopic (exact) mass is 367 g/mol. The van der Waals surface area contributed by atoms with Crippen LogP contribution < -0.4 is 17.0 Å². The molecule has 3 atom stereocenters. The summed E-state index contributed by atoms with van der Waals surface area (Å²) in [5.41, 5.74) is 4.12. The standard InChI is InChI=1S/C14H17N5O7/c1-5(20)24-4-7-3-8(25-6(2)21)12(26-7)19-10-9(16-14(19)23)11(22)18-13(15)17-10/h7-8,12H,3-4H2,1-2H3,(H,16,23)(H3,15,17,18,22)/t7-,8+,12+/m0/s1. The lowest BCUT2D eigenvalue weighted by atomic mass is 10.2. The number of nitrogens with two attached hydrogens (primary N) is 1. The van der Waals surface area contributed by atoms with Gasteiger partial charge in [0.15, 0.2) is 17.4 Å². The Hall–Kier alpha value is -3.15. The van der Waals surface area contributed by atoms with Crippen molar-refractivity contribution in [2.75, 3.05) is 12.3 Å². The lowest BCUT2D eigenvalue weighted by Crippen LogP contribution is -2.31. The van der Waals surface area contributed by atoms with E-state index >= 15 is 0 Å². The van der Waals surface area contributed by atoms with Gasteiger partial charge in [-0.3, -0.25) is 24.4 Å². The fraction of sp³-hybridized carbons (Fsp3) is 0.500. The molecule has 0 amide bonds. The topological polar surface area (TPSA) is 171 Å². The Kier molecular flexibility index (Phi) is 4.50. The quantitative estimate of drug-likeness (QED) is 0.560. The molecule has 1 aliphatic rings. The summed E-state index contributed by atoms with van der Waals surface area (Å²) in [5.74, 6) is -1.25. The van der Waals surface area contributed by atoms with E-state index in [1.165, 1.54) is 13.8 Å². The van der Waals surface area contributed by atoms with E-state index in [0.717, 1.165) is 4.57 Å². The van der Waals surface area contributed by atoms with Gasteiger partial charge in [0.2, 0.25) is 5.95 Å². The van der Waals surface area contributed by atoms with Gasteiger partial charge in [0, 0.05) is 20.3 Å². The predicted octanol–water partition coefficient (Wildman–Crippen LogP) is -1.22. The summed E-state index contributed by atoms with van der Waals surface area (Å²) in [6.07, 6.45) is -2.32. The molecule has 0 spiro atoms. The van der Waals surface area contributed by atoms with Crippen molar-refractivity contribution in [1.29, 1.82) is 0 Å². The van der Waals surface area contributed by atoms with Gasteiger partial charge < -0.3 is 19.9 Å². The molecule has 12 nitrogen and oxygen atoms in total. The van der Waals surface area contributed by atoms with Crippen LogP contribution in [0.5, 0.6) is 0 Å². The molecule has 3 heterocycles. The summed E-state index contributed by atoms with van der Waals surface area (Å²) in [6, 6.07) is 0. The third-order valence-corrected chi connectivity index (χ3v) is 3.79. The summed E-state index contributed by atoms with van der Waals surface area (Å²) in [7, 11) is 0. The molecular formula is C14H17N5O7. The van der Waals surface area contributed by atoms with Crippen molar-refractivity contribution in [3.8, 4) is 0 Å². The Morgan fingerprint density at radius 2 is 2.04 bits per heavy atom. The van der Waals surface area contributed by atoms with E-state index in [4.69, 9.17) is 19.9 Å². The number of fused-ring (bicyclic) bond motifs is 1. The molecule has 2 aromatic rings. The SMILES string of the molecule is CC(=O)OC[C@@H]1C[C@@H](OC(C)=O)[C@H](n2c(=O)[nH]c3c(=O)[nH]c(N)nc32)O1. The lowest BCUT2D eigenvalue weighted by Gasteiger charge is -2.19. The number of carbonyl (C=O) groups is 2. The van der Waals surface area contributed by atoms with Crippen LogP contribution in [0, 0.1) is 0 Å². The minimum absolute atomic E-state index is 0.0356. The summed E-state index contributed by atoms with van der Waals surface area (Å²) in [6.45, 7) is 2.39. The molecule has 2 aromatic heterocycles. The first-order valence-corrected chi connectivity index (χ1v) is 7.72. The maximum Gasteiger partial charge on any atom is 0.330 e. The zero-order valence-electron chi connectivity index (χ0n) is 14.0. The molecule has 0 saturated carbocycles. The Labute approximate surface area is 145 Å². The van der Waals surface area contributed by atoms with Gasteiger partial charge in [0.25, 0.3) is 5.56 Å². The number of nitrogen functional groups attached to an aromatic ring is 1. The molecule has 26 heavy (non-hydrogen) atoms. The largest absolute Gasteiger partial charge is 0.463 e. The van der Waals surface area contributed by atoms with Gasteiger partial charge in [0.05, 0.1) is 6.10 Å². The number of rotatable bonds is 4. The molecule has 0 aliphatic carbocycles. The lowest BCUT2D eigenvalue weighted by molar-refractivity contribution is -0.153. The van der Waals surface area contributed by atoms with Crippen LogP contribution in [-0.2, 0) is 23.8 Å². The second kappa shape index (κ2) is 6.63. The number of hydrogen-bond donors (Lipinski definition) is 3. The number of imidazole rings is 1. The highest BCUT2D eigenvalue weighted by Gasteiger charge is 2.41. The minimum Gasteiger partial charge on any atom is -0.463 e. The molecule has 12 heteroatoms. The van der Waals surface area contributed by atoms with E-state index in [9.17, 15) is 19.2 Å². The van der Waals surface area contributed by atoms with Crippen LogP contribution >= 0.6 is 0 Å². The number of aromatic nitrogens is 4. The average molecular weight is 367 g/mol. The fourth-order valence-electron chi connectivity index (χ4n) is 2.84. The number of nitrogens with zero attached hydrogens (tertiary/aromatic N) is 2. The number of esters is 2. The number of ether oxygens (including phenoxy) is 3. The second-order valence-electron chi connectivity index (χ2n) is 5.78. The van der Waals surface area contributed by atoms with Crippen LogP contribution in [0.2, 0.25) is 0 Å². The molecule has 0 aromatic carbocycles. The van der Waals surface area contributed by atoms with E-state index in [0.29, 0.717) is 0 Å². The molecule has 0 unspecified atom stereocenters. The second-order valence-corrected chi connectivity index (χ2v) is 5.78. The average Bonchev–Trinajstić information content (AvgIpc) is 3.05. The van der Waals surface area contributed by atoms with Crippen LogP contribution in [0.1, 0.15) is 26.5 Å². The number of aromatic amines is 2. The third kappa shape index (κ3) is 3.31. The van der Waals surface area contributed by atoms with Crippen LogP contribution in [0.4, 0.5) is 5.95 Å².